The van der Waals surface area contributed by atoms with Crippen LogP contribution >= 0.6 is 11.8 Å². The molecule has 4 heteroatoms. The van der Waals surface area contributed by atoms with Crippen LogP contribution in [0.1, 0.15) is 16.8 Å². The van der Waals surface area contributed by atoms with Gasteiger partial charge in [-0.25, -0.2) is 0 Å². The molecule has 1 aromatic carbocycles. The zero-order valence-electron chi connectivity index (χ0n) is 11.5. The molecule has 0 atom stereocenters. The highest BCUT2D eigenvalue weighted by Crippen LogP contribution is 2.38. The summed E-state index contributed by atoms with van der Waals surface area (Å²) in [6.07, 6.45) is 3.71. The van der Waals surface area contributed by atoms with Crippen LogP contribution in [-0.2, 0) is 18.1 Å². The molecule has 1 N–H and O–H groups in total. The molecule has 0 radical (unpaired) electrons. The Morgan fingerprint density at radius 1 is 1.10 bits per heavy atom. The van der Waals surface area contributed by atoms with E-state index in [0.29, 0.717) is 0 Å². The lowest BCUT2D eigenvalue weighted by Gasteiger charge is -2.14. The van der Waals surface area contributed by atoms with Crippen LogP contribution in [0.4, 0.5) is 5.69 Å². The first-order valence-electron chi connectivity index (χ1n) is 7.03. The molecule has 0 aliphatic carbocycles. The molecule has 3 nitrogen and oxygen atoms in total. The third-order valence-corrected chi connectivity index (χ3v) is 4.73. The second kappa shape index (κ2) is 5.37. The van der Waals surface area contributed by atoms with Crippen molar-refractivity contribution in [2.75, 3.05) is 5.32 Å². The van der Waals surface area contributed by atoms with Crippen molar-refractivity contribution in [1.29, 1.82) is 0 Å². The largest absolute Gasteiger partial charge is 0.380 e. The van der Waals surface area contributed by atoms with E-state index in [9.17, 15) is 0 Å². The molecule has 0 saturated carbocycles. The molecule has 3 heterocycles. The normalized spacial score (nSPS) is 13.3. The van der Waals surface area contributed by atoms with E-state index in [2.05, 4.69) is 40.6 Å². The van der Waals surface area contributed by atoms with Crippen molar-refractivity contribution >= 4 is 28.4 Å². The fourth-order valence-corrected chi connectivity index (χ4v) is 3.77. The SMILES string of the molecule is c1cncc(CNc2c3c(nc4ccccc24)CSC3)c1. The van der Waals surface area contributed by atoms with E-state index in [1.807, 2.05) is 24.0 Å². The lowest BCUT2D eigenvalue weighted by Crippen LogP contribution is -2.04. The highest BCUT2D eigenvalue weighted by Gasteiger charge is 2.19. The van der Waals surface area contributed by atoms with Gasteiger partial charge in [0.1, 0.15) is 0 Å². The second-order valence-electron chi connectivity index (χ2n) is 5.14. The number of hydrogen-bond donors (Lipinski definition) is 1. The minimum absolute atomic E-state index is 0.791. The van der Waals surface area contributed by atoms with Gasteiger partial charge in [0, 0.05) is 47.1 Å². The van der Waals surface area contributed by atoms with Crippen LogP contribution in [0.5, 0.6) is 0 Å². The summed E-state index contributed by atoms with van der Waals surface area (Å²) in [5, 5.41) is 4.82. The maximum absolute atomic E-state index is 4.80. The van der Waals surface area contributed by atoms with Crippen LogP contribution < -0.4 is 5.32 Å². The Bertz CT molecular complexity index is 787. The molecule has 4 rings (SSSR count). The number of benzene rings is 1. The van der Waals surface area contributed by atoms with Gasteiger partial charge in [0.2, 0.25) is 0 Å². The number of nitrogens with zero attached hydrogens (tertiary/aromatic N) is 2. The number of hydrogen-bond acceptors (Lipinski definition) is 4. The molecule has 1 aliphatic rings. The van der Waals surface area contributed by atoms with E-state index < -0.39 is 0 Å². The van der Waals surface area contributed by atoms with E-state index in [1.54, 1.807) is 6.20 Å². The quantitative estimate of drug-likeness (QED) is 0.792. The maximum Gasteiger partial charge on any atom is 0.0726 e. The van der Waals surface area contributed by atoms with Gasteiger partial charge in [0.15, 0.2) is 0 Å². The molecule has 0 bridgehead atoms. The van der Waals surface area contributed by atoms with Crippen molar-refractivity contribution < 1.29 is 0 Å². The van der Waals surface area contributed by atoms with Crippen LogP contribution in [0.3, 0.4) is 0 Å². The fraction of sp³-hybridized carbons (Fsp3) is 0.176. The summed E-state index contributed by atoms with van der Waals surface area (Å²) < 4.78 is 0. The van der Waals surface area contributed by atoms with Gasteiger partial charge >= 0.3 is 0 Å². The molecule has 104 valence electrons. The van der Waals surface area contributed by atoms with Crippen molar-refractivity contribution in [2.24, 2.45) is 0 Å². The van der Waals surface area contributed by atoms with Gasteiger partial charge in [-0.2, -0.15) is 11.8 Å². The summed E-state index contributed by atoms with van der Waals surface area (Å²) in [5.41, 5.74) is 6.10. The minimum Gasteiger partial charge on any atom is -0.380 e. The molecular formula is C17H15N3S. The Hall–Kier alpha value is -2.07. The molecule has 0 spiro atoms. The third-order valence-electron chi connectivity index (χ3n) is 3.76. The molecule has 1 aliphatic heterocycles. The van der Waals surface area contributed by atoms with E-state index in [-0.39, 0.29) is 0 Å². The standard InChI is InChI=1S/C17H15N3S/c1-2-6-15-13(5-1)17(14-10-21-11-16(14)20-15)19-9-12-4-3-7-18-8-12/h1-8H,9-11H2,(H,19,20). The van der Waals surface area contributed by atoms with Gasteiger partial charge in [-0.3, -0.25) is 9.97 Å². The van der Waals surface area contributed by atoms with Gasteiger partial charge in [0.25, 0.3) is 0 Å². The van der Waals surface area contributed by atoms with Gasteiger partial charge < -0.3 is 5.32 Å². The number of nitrogens with one attached hydrogen (secondary N) is 1. The predicted molar refractivity (Wildman–Crippen MR) is 88.3 cm³/mol. The van der Waals surface area contributed by atoms with E-state index >= 15 is 0 Å². The summed E-state index contributed by atoms with van der Waals surface area (Å²) >= 11 is 1.93. The first kappa shape index (κ1) is 12.7. The van der Waals surface area contributed by atoms with Crippen LogP contribution in [-0.4, -0.2) is 9.97 Å². The number of aromatic nitrogens is 2. The number of rotatable bonds is 3. The zero-order chi connectivity index (χ0) is 14.1. The fourth-order valence-electron chi connectivity index (χ4n) is 2.72. The molecule has 0 fully saturated rings. The highest BCUT2D eigenvalue weighted by molar-refractivity contribution is 7.98. The zero-order valence-corrected chi connectivity index (χ0v) is 12.4. The second-order valence-corrected chi connectivity index (χ2v) is 6.12. The molecule has 2 aromatic heterocycles. The molecule has 0 amide bonds. The first-order chi connectivity index (χ1) is 10.4. The van der Waals surface area contributed by atoms with E-state index in [1.165, 1.54) is 27.9 Å². The Morgan fingerprint density at radius 2 is 2.05 bits per heavy atom. The average molecular weight is 293 g/mol. The Labute approximate surface area is 127 Å². The third kappa shape index (κ3) is 2.36. The number of fused-ring (bicyclic) bond motifs is 2. The maximum atomic E-state index is 4.80. The average Bonchev–Trinajstić information content (AvgIpc) is 3.00. The number of anilines is 1. The smallest absolute Gasteiger partial charge is 0.0726 e. The number of para-hydroxylation sites is 1. The highest BCUT2D eigenvalue weighted by atomic mass is 32.2. The monoisotopic (exact) mass is 293 g/mol. The Morgan fingerprint density at radius 3 is 2.95 bits per heavy atom. The Kier molecular flexibility index (Phi) is 3.24. The van der Waals surface area contributed by atoms with Crippen LogP contribution in [0.15, 0.2) is 48.8 Å². The molecule has 3 aromatic rings. The van der Waals surface area contributed by atoms with Crippen LogP contribution in [0, 0.1) is 0 Å². The van der Waals surface area contributed by atoms with Crippen molar-refractivity contribution in [1.82, 2.24) is 9.97 Å². The van der Waals surface area contributed by atoms with Gasteiger partial charge in [-0.1, -0.05) is 24.3 Å². The number of thioether (sulfide) groups is 1. The Balaban J connectivity index is 1.76. The lowest BCUT2D eigenvalue weighted by molar-refractivity contribution is 1.10. The van der Waals surface area contributed by atoms with Crippen LogP contribution in [0.2, 0.25) is 0 Å². The molecule has 0 saturated heterocycles. The van der Waals surface area contributed by atoms with Crippen molar-refractivity contribution in [3.63, 3.8) is 0 Å². The van der Waals surface area contributed by atoms with Crippen molar-refractivity contribution in [3.8, 4) is 0 Å². The van der Waals surface area contributed by atoms with Gasteiger partial charge in [0.05, 0.1) is 11.2 Å². The van der Waals surface area contributed by atoms with E-state index in [0.717, 1.165) is 23.6 Å². The summed E-state index contributed by atoms with van der Waals surface area (Å²) in [5.74, 6) is 2.06. The molecule has 0 unspecified atom stereocenters. The summed E-state index contributed by atoms with van der Waals surface area (Å²) in [7, 11) is 0. The van der Waals surface area contributed by atoms with E-state index in [4.69, 9.17) is 4.98 Å². The van der Waals surface area contributed by atoms with Gasteiger partial charge in [-0.15, -0.1) is 0 Å². The van der Waals surface area contributed by atoms with Gasteiger partial charge in [-0.05, 0) is 17.7 Å². The van der Waals surface area contributed by atoms with Crippen molar-refractivity contribution in [2.45, 2.75) is 18.1 Å². The molecule has 21 heavy (non-hydrogen) atoms. The minimum atomic E-state index is 0.791. The predicted octanol–water partition coefficient (Wildman–Crippen LogP) is 3.99. The number of pyridine rings is 2. The lowest BCUT2D eigenvalue weighted by atomic mass is 10.1. The molecular weight excluding hydrogens is 278 g/mol. The van der Waals surface area contributed by atoms with Crippen molar-refractivity contribution in [3.05, 3.63) is 65.6 Å². The summed E-state index contributed by atoms with van der Waals surface area (Å²) in [4.78, 5) is 8.97. The summed E-state index contributed by atoms with van der Waals surface area (Å²) in [6, 6.07) is 12.4. The summed E-state index contributed by atoms with van der Waals surface area (Å²) in [6.45, 7) is 0.791. The van der Waals surface area contributed by atoms with Crippen LogP contribution in [0.25, 0.3) is 10.9 Å². The topological polar surface area (TPSA) is 37.8 Å². The first-order valence-corrected chi connectivity index (χ1v) is 8.18.